The second-order valence-electron chi connectivity index (χ2n) is 8.69. The van der Waals surface area contributed by atoms with Crippen LogP contribution >= 0.6 is 0 Å². The van der Waals surface area contributed by atoms with Gasteiger partial charge in [0.05, 0.1) is 21.7 Å². The van der Waals surface area contributed by atoms with Gasteiger partial charge in [-0.05, 0) is 35.7 Å². The maximum absolute atomic E-state index is 13.2. The van der Waals surface area contributed by atoms with Gasteiger partial charge in [0.15, 0.2) is 0 Å². The lowest BCUT2D eigenvalue weighted by Gasteiger charge is -2.10. The number of nitrogens with zero attached hydrogens (tertiary/aromatic N) is 3. The Labute approximate surface area is 227 Å². The monoisotopic (exact) mass is 552 g/mol. The summed E-state index contributed by atoms with van der Waals surface area (Å²) in [5, 5.41) is 7.01. The molecule has 13 heteroatoms. The van der Waals surface area contributed by atoms with Gasteiger partial charge < -0.3 is 9.97 Å². The molecule has 3 aromatic heterocycles. The first-order valence-corrected chi connectivity index (χ1v) is 13.4. The molecule has 3 aromatic carbocycles. The van der Waals surface area contributed by atoms with Crippen molar-refractivity contribution in [1.82, 2.24) is 24.9 Å². The molecule has 6 aromatic rings. The van der Waals surface area contributed by atoms with Crippen LogP contribution in [0, 0.1) is 0 Å². The van der Waals surface area contributed by atoms with Gasteiger partial charge in [0, 0.05) is 24.0 Å². The molecule has 0 spiro atoms. The summed E-state index contributed by atoms with van der Waals surface area (Å²) in [6.07, 6.45) is 4.61. The molecule has 6 rings (SSSR count). The van der Waals surface area contributed by atoms with Crippen molar-refractivity contribution in [2.75, 3.05) is 15.4 Å². The molecule has 5 N–H and O–H groups in total. The van der Waals surface area contributed by atoms with Gasteiger partial charge >= 0.3 is 0 Å². The standard InChI is InChI=1S/C27H20N8O4S/c36-24(33-26-28-10-11-29-26)20-13-18(35-40(38,39)19-8-2-1-3-9-19)14-21-23(20)32-27(31-21)34-25(37)22-12-16-6-4-5-7-17(16)15-30-22/h1-15,35H,(H2,28,29,33,36)(H2,31,32,34,37). The van der Waals surface area contributed by atoms with E-state index in [9.17, 15) is 18.0 Å². The lowest BCUT2D eigenvalue weighted by atomic mass is 10.1. The molecule has 12 nitrogen and oxygen atoms in total. The summed E-state index contributed by atoms with van der Waals surface area (Å²) in [7, 11) is -3.95. The first-order chi connectivity index (χ1) is 19.4. The lowest BCUT2D eigenvalue weighted by molar-refractivity contribution is 0.101. The van der Waals surface area contributed by atoms with Crippen LogP contribution in [0.1, 0.15) is 20.8 Å². The first-order valence-electron chi connectivity index (χ1n) is 11.9. The Morgan fingerprint density at radius 2 is 1.55 bits per heavy atom. The number of carbonyl (C=O) groups excluding carboxylic acids is 2. The third-order valence-corrected chi connectivity index (χ3v) is 7.36. The quantitative estimate of drug-likeness (QED) is 0.198. The van der Waals surface area contributed by atoms with Gasteiger partial charge in [-0.2, -0.15) is 0 Å². The lowest BCUT2D eigenvalue weighted by Crippen LogP contribution is -2.16. The minimum Gasteiger partial charge on any atom is -0.331 e. The maximum atomic E-state index is 13.2. The van der Waals surface area contributed by atoms with E-state index >= 15 is 0 Å². The number of rotatable bonds is 7. The van der Waals surface area contributed by atoms with Crippen molar-refractivity contribution in [2.45, 2.75) is 4.90 Å². The molecule has 0 aliphatic rings. The predicted molar refractivity (Wildman–Crippen MR) is 150 cm³/mol. The highest BCUT2D eigenvalue weighted by Crippen LogP contribution is 2.27. The number of hydrogen-bond donors (Lipinski definition) is 5. The Hall–Kier alpha value is -5.56. The Morgan fingerprint density at radius 1 is 0.800 bits per heavy atom. The van der Waals surface area contributed by atoms with Crippen molar-refractivity contribution in [3.63, 3.8) is 0 Å². The SMILES string of the molecule is O=C(Nc1nc2c(C(=O)Nc3ncc[nH]3)cc(NS(=O)(=O)c3ccccc3)cc2[nH]1)c1cc2ccccc2cn1. The first kappa shape index (κ1) is 24.8. The van der Waals surface area contributed by atoms with Crippen molar-refractivity contribution in [1.29, 1.82) is 0 Å². The number of imidazole rings is 2. The topological polar surface area (TPSA) is 175 Å². The maximum Gasteiger partial charge on any atom is 0.276 e. The van der Waals surface area contributed by atoms with E-state index in [1.54, 1.807) is 36.7 Å². The van der Waals surface area contributed by atoms with E-state index in [4.69, 9.17) is 0 Å². The molecule has 0 aliphatic carbocycles. The largest absolute Gasteiger partial charge is 0.331 e. The number of H-pyrrole nitrogens is 2. The molecule has 0 unspecified atom stereocenters. The number of amides is 2. The van der Waals surface area contributed by atoms with Crippen molar-refractivity contribution in [2.24, 2.45) is 0 Å². The van der Waals surface area contributed by atoms with Crippen LogP contribution in [-0.4, -0.2) is 45.2 Å². The molecule has 0 radical (unpaired) electrons. The molecule has 198 valence electrons. The number of pyridine rings is 1. The van der Waals surface area contributed by atoms with Gasteiger partial charge in [-0.15, -0.1) is 0 Å². The normalized spacial score (nSPS) is 11.4. The molecule has 0 saturated carbocycles. The molecule has 0 aliphatic heterocycles. The highest BCUT2D eigenvalue weighted by molar-refractivity contribution is 7.92. The van der Waals surface area contributed by atoms with Crippen LogP contribution in [-0.2, 0) is 10.0 Å². The van der Waals surface area contributed by atoms with Gasteiger partial charge in [-0.25, -0.2) is 18.4 Å². The average Bonchev–Trinajstić information content (AvgIpc) is 3.62. The van der Waals surface area contributed by atoms with Crippen LogP contribution in [0.4, 0.5) is 17.6 Å². The van der Waals surface area contributed by atoms with Gasteiger partial charge in [0.2, 0.25) is 11.9 Å². The number of sulfonamides is 1. The summed E-state index contributed by atoms with van der Waals surface area (Å²) in [5.41, 5.74) is 0.832. The van der Waals surface area contributed by atoms with E-state index in [2.05, 4.69) is 40.3 Å². The Kier molecular flexibility index (Phi) is 6.16. The minimum atomic E-state index is -3.95. The molecular weight excluding hydrogens is 532 g/mol. The van der Waals surface area contributed by atoms with Crippen molar-refractivity contribution < 1.29 is 18.0 Å². The van der Waals surface area contributed by atoms with Crippen LogP contribution in [0.15, 0.2) is 96.3 Å². The molecule has 2 amide bonds. The second kappa shape index (κ2) is 9.96. The van der Waals surface area contributed by atoms with E-state index in [1.165, 1.54) is 30.5 Å². The number of fused-ring (bicyclic) bond motifs is 2. The Bertz CT molecular complexity index is 1990. The third kappa shape index (κ3) is 4.96. The van der Waals surface area contributed by atoms with E-state index in [0.29, 0.717) is 5.52 Å². The number of nitrogens with one attached hydrogen (secondary N) is 5. The van der Waals surface area contributed by atoms with Crippen LogP contribution in [0.2, 0.25) is 0 Å². The molecule has 0 atom stereocenters. The Morgan fingerprint density at radius 3 is 2.33 bits per heavy atom. The number of benzene rings is 3. The van der Waals surface area contributed by atoms with E-state index in [-0.39, 0.29) is 39.3 Å². The summed E-state index contributed by atoms with van der Waals surface area (Å²) in [4.78, 5) is 44.5. The summed E-state index contributed by atoms with van der Waals surface area (Å²) >= 11 is 0. The highest BCUT2D eigenvalue weighted by Gasteiger charge is 2.21. The summed E-state index contributed by atoms with van der Waals surface area (Å²) in [6, 6.07) is 19.8. The number of hydrogen-bond acceptors (Lipinski definition) is 7. The van der Waals surface area contributed by atoms with Crippen LogP contribution in [0.5, 0.6) is 0 Å². The predicted octanol–water partition coefficient (Wildman–Crippen LogP) is 4.14. The van der Waals surface area contributed by atoms with E-state index in [0.717, 1.165) is 10.8 Å². The van der Waals surface area contributed by atoms with Crippen molar-refractivity contribution in [3.8, 4) is 0 Å². The molecule has 3 heterocycles. The Balaban J connectivity index is 1.36. The zero-order valence-corrected chi connectivity index (χ0v) is 21.4. The highest BCUT2D eigenvalue weighted by atomic mass is 32.2. The molecule has 0 fully saturated rings. The van der Waals surface area contributed by atoms with Crippen molar-refractivity contribution >= 4 is 61.2 Å². The smallest absolute Gasteiger partial charge is 0.276 e. The molecule has 40 heavy (non-hydrogen) atoms. The van der Waals surface area contributed by atoms with E-state index in [1.807, 2.05) is 24.3 Å². The fourth-order valence-corrected chi connectivity index (χ4v) is 5.17. The number of anilines is 3. The van der Waals surface area contributed by atoms with Gasteiger partial charge in [-0.1, -0.05) is 42.5 Å². The number of carbonyl (C=O) groups is 2. The summed E-state index contributed by atoms with van der Waals surface area (Å²) < 4.78 is 28.4. The third-order valence-electron chi connectivity index (χ3n) is 5.96. The van der Waals surface area contributed by atoms with Crippen LogP contribution in [0.25, 0.3) is 21.8 Å². The minimum absolute atomic E-state index is 0.0419. The van der Waals surface area contributed by atoms with Crippen LogP contribution in [0.3, 0.4) is 0 Å². The number of aromatic nitrogens is 5. The van der Waals surface area contributed by atoms with E-state index < -0.39 is 21.8 Å². The van der Waals surface area contributed by atoms with Crippen molar-refractivity contribution in [3.05, 3.63) is 103 Å². The van der Waals surface area contributed by atoms with Crippen LogP contribution < -0.4 is 15.4 Å². The zero-order valence-electron chi connectivity index (χ0n) is 20.5. The fraction of sp³-hybridized carbons (Fsp3) is 0. The molecule has 0 bridgehead atoms. The molecular formula is C27H20N8O4S. The summed E-state index contributed by atoms with van der Waals surface area (Å²) in [5.74, 6) is -0.873. The van der Waals surface area contributed by atoms with Gasteiger partial charge in [-0.3, -0.25) is 29.9 Å². The molecule has 0 saturated heterocycles. The average molecular weight is 553 g/mol. The number of aromatic amines is 2. The second-order valence-corrected chi connectivity index (χ2v) is 10.4. The zero-order chi connectivity index (χ0) is 27.7. The fourth-order valence-electron chi connectivity index (χ4n) is 4.11. The van der Waals surface area contributed by atoms with Gasteiger partial charge in [0.25, 0.3) is 21.8 Å². The summed E-state index contributed by atoms with van der Waals surface area (Å²) in [6.45, 7) is 0. The van der Waals surface area contributed by atoms with Gasteiger partial charge in [0.1, 0.15) is 11.2 Å².